The molecule has 60 valence electrons. The molecule has 0 amide bonds. The van der Waals surface area contributed by atoms with Gasteiger partial charge in [-0.15, -0.1) is 0 Å². The van der Waals surface area contributed by atoms with Crippen molar-refractivity contribution in [2.45, 2.75) is 6.10 Å². The molecule has 1 atom stereocenters. The highest BCUT2D eigenvalue weighted by molar-refractivity contribution is 9.10. The minimum absolute atomic E-state index is 0.233. The molecule has 1 rings (SSSR count). The fourth-order valence-electron chi connectivity index (χ4n) is 0.761. The monoisotopic (exact) mass is 216 g/mol. The molecule has 0 aliphatic carbocycles. The predicted octanol–water partition coefficient (Wildman–Crippen LogP) is 0.836. The lowest BCUT2D eigenvalue weighted by Gasteiger charge is -2.06. The molecule has 11 heavy (non-hydrogen) atoms. The summed E-state index contributed by atoms with van der Waals surface area (Å²) in [6.07, 6.45) is 1.03. The van der Waals surface area contributed by atoms with E-state index >= 15 is 0 Å². The highest BCUT2D eigenvalue weighted by Crippen LogP contribution is 2.14. The number of aliphatic hydroxyl groups is 1. The average Bonchev–Trinajstić information content (AvgIpc) is 2.03. The van der Waals surface area contributed by atoms with Crippen LogP contribution < -0.4 is 5.73 Å². The number of aromatic nitrogens is 1. The van der Waals surface area contributed by atoms with Crippen molar-refractivity contribution in [2.75, 3.05) is 6.54 Å². The second-order valence-electron chi connectivity index (χ2n) is 2.16. The van der Waals surface area contributed by atoms with Gasteiger partial charge in [-0.2, -0.15) is 0 Å². The maximum Gasteiger partial charge on any atom is 0.106 e. The van der Waals surface area contributed by atoms with Gasteiger partial charge in [0.1, 0.15) is 4.60 Å². The van der Waals surface area contributed by atoms with Crippen LogP contribution in [0.15, 0.2) is 22.9 Å². The first kappa shape index (κ1) is 8.64. The molecule has 0 aromatic carbocycles. The van der Waals surface area contributed by atoms with Gasteiger partial charge in [0.05, 0.1) is 6.10 Å². The number of hydrogen-bond donors (Lipinski definition) is 2. The van der Waals surface area contributed by atoms with Crippen LogP contribution in [0.5, 0.6) is 0 Å². The Morgan fingerprint density at radius 2 is 2.45 bits per heavy atom. The van der Waals surface area contributed by atoms with Gasteiger partial charge in [0.25, 0.3) is 0 Å². The van der Waals surface area contributed by atoms with Crippen molar-refractivity contribution in [3.8, 4) is 0 Å². The SMILES string of the molecule is NCC(O)c1ccnc(Br)c1. The van der Waals surface area contributed by atoms with Gasteiger partial charge in [0.15, 0.2) is 0 Å². The molecule has 0 spiro atoms. The Labute approximate surface area is 73.4 Å². The van der Waals surface area contributed by atoms with Gasteiger partial charge in [-0.05, 0) is 33.6 Å². The molecule has 0 saturated carbocycles. The van der Waals surface area contributed by atoms with Crippen LogP contribution in [0.4, 0.5) is 0 Å². The van der Waals surface area contributed by atoms with Gasteiger partial charge >= 0.3 is 0 Å². The highest BCUT2D eigenvalue weighted by atomic mass is 79.9. The summed E-state index contributed by atoms with van der Waals surface area (Å²) in [4.78, 5) is 3.92. The zero-order valence-corrected chi connectivity index (χ0v) is 7.45. The molecule has 0 bridgehead atoms. The highest BCUT2D eigenvalue weighted by Gasteiger charge is 2.04. The van der Waals surface area contributed by atoms with Crippen molar-refractivity contribution < 1.29 is 5.11 Å². The first-order chi connectivity index (χ1) is 5.24. The number of nitrogens with zero attached hydrogens (tertiary/aromatic N) is 1. The molecule has 0 radical (unpaired) electrons. The van der Waals surface area contributed by atoms with E-state index in [0.717, 1.165) is 5.56 Å². The summed E-state index contributed by atoms with van der Waals surface area (Å²) in [6.45, 7) is 0.233. The number of hydrogen-bond acceptors (Lipinski definition) is 3. The fraction of sp³-hybridized carbons (Fsp3) is 0.286. The summed E-state index contributed by atoms with van der Waals surface area (Å²) in [5, 5.41) is 9.28. The predicted molar refractivity (Wildman–Crippen MR) is 46.0 cm³/mol. The zero-order chi connectivity index (χ0) is 8.27. The molecule has 3 nitrogen and oxygen atoms in total. The van der Waals surface area contributed by atoms with Crippen molar-refractivity contribution in [3.63, 3.8) is 0 Å². The first-order valence-electron chi connectivity index (χ1n) is 3.23. The Kier molecular flexibility index (Phi) is 2.99. The lowest BCUT2D eigenvalue weighted by molar-refractivity contribution is 0.186. The molecular weight excluding hydrogens is 208 g/mol. The molecular formula is C7H9BrN2O. The Balaban J connectivity index is 2.86. The largest absolute Gasteiger partial charge is 0.387 e. The lowest BCUT2D eigenvalue weighted by Crippen LogP contribution is -2.11. The molecule has 1 heterocycles. The van der Waals surface area contributed by atoms with Crippen LogP contribution in [-0.4, -0.2) is 16.6 Å². The van der Waals surface area contributed by atoms with E-state index in [1.165, 1.54) is 0 Å². The Hall–Kier alpha value is -0.450. The van der Waals surface area contributed by atoms with Crippen LogP contribution in [0.2, 0.25) is 0 Å². The number of nitrogens with two attached hydrogens (primary N) is 1. The van der Waals surface area contributed by atoms with Crippen LogP contribution in [0.25, 0.3) is 0 Å². The molecule has 0 aliphatic rings. The third-order valence-electron chi connectivity index (χ3n) is 1.36. The van der Waals surface area contributed by atoms with E-state index < -0.39 is 6.10 Å². The Morgan fingerprint density at radius 1 is 1.73 bits per heavy atom. The van der Waals surface area contributed by atoms with Crippen LogP contribution >= 0.6 is 15.9 Å². The number of halogens is 1. The van der Waals surface area contributed by atoms with Gasteiger partial charge in [0, 0.05) is 12.7 Å². The third-order valence-corrected chi connectivity index (χ3v) is 1.79. The third kappa shape index (κ3) is 2.25. The maximum absolute atomic E-state index is 9.28. The van der Waals surface area contributed by atoms with E-state index in [1.807, 2.05) is 0 Å². The minimum atomic E-state index is -0.589. The standard InChI is InChI=1S/C7H9BrN2O/c8-7-3-5(1-2-10-7)6(11)4-9/h1-3,6,11H,4,9H2. The van der Waals surface area contributed by atoms with Gasteiger partial charge in [-0.3, -0.25) is 0 Å². The molecule has 1 aromatic rings. The van der Waals surface area contributed by atoms with E-state index in [1.54, 1.807) is 18.3 Å². The summed E-state index contributed by atoms with van der Waals surface area (Å²) in [5.41, 5.74) is 6.05. The Morgan fingerprint density at radius 3 is 3.00 bits per heavy atom. The van der Waals surface area contributed by atoms with Crippen molar-refractivity contribution >= 4 is 15.9 Å². The topological polar surface area (TPSA) is 59.1 Å². The van der Waals surface area contributed by atoms with Gasteiger partial charge in [-0.25, -0.2) is 4.98 Å². The van der Waals surface area contributed by atoms with Gasteiger partial charge in [0.2, 0.25) is 0 Å². The number of rotatable bonds is 2. The molecule has 4 heteroatoms. The summed E-state index contributed by atoms with van der Waals surface area (Å²) in [5.74, 6) is 0. The van der Waals surface area contributed by atoms with Gasteiger partial charge in [-0.1, -0.05) is 0 Å². The molecule has 0 saturated heterocycles. The van der Waals surface area contributed by atoms with E-state index in [9.17, 15) is 5.11 Å². The maximum atomic E-state index is 9.28. The van der Waals surface area contributed by atoms with E-state index in [2.05, 4.69) is 20.9 Å². The summed E-state index contributed by atoms with van der Waals surface area (Å²) < 4.78 is 0.711. The molecule has 0 fully saturated rings. The molecule has 1 aromatic heterocycles. The fourth-order valence-corrected chi connectivity index (χ4v) is 1.14. The molecule has 1 unspecified atom stereocenters. The second-order valence-corrected chi connectivity index (χ2v) is 2.98. The first-order valence-corrected chi connectivity index (χ1v) is 4.03. The van der Waals surface area contributed by atoms with E-state index in [0.29, 0.717) is 4.60 Å². The van der Waals surface area contributed by atoms with Crippen LogP contribution in [-0.2, 0) is 0 Å². The zero-order valence-electron chi connectivity index (χ0n) is 5.87. The van der Waals surface area contributed by atoms with E-state index in [-0.39, 0.29) is 6.54 Å². The number of pyridine rings is 1. The minimum Gasteiger partial charge on any atom is -0.387 e. The van der Waals surface area contributed by atoms with Crippen molar-refractivity contribution in [1.82, 2.24) is 4.98 Å². The van der Waals surface area contributed by atoms with Gasteiger partial charge < -0.3 is 10.8 Å². The Bertz CT molecular complexity index is 242. The quantitative estimate of drug-likeness (QED) is 0.721. The smallest absolute Gasteiger partial charge is 0.106 e. The normalized spacial score (nSPS) is 13.0. The van der Waals surface area contributed by atoms with Crippen LogP contribution in [0.1, 0.15) is 11.7 Å². The molecule has 0 aliphatic heterocycles. The van der Waals surface area contributed by atoms with Crippen molar-refractivity contribution in [1.29, 1.82) is 0 Å². The summed E-state index contributed by atoms with van der Waals surface area (Å²) in [6, 6.07) is 3.49. The molecule has 3 N–H and O–H groups in total. The lowest BCUT2D eigenvalue weighted by atomic mass is 10.1. The van der Waals surface area contributed by atoms with Crippen molar-refractivity contribution in [3.05, 3.63) is 28.5 Å². The van der Waals surface area contributed by atoms with Crippen molar-refractivity contribution in [2.24, 2.45) is 5.73 Å². The van der Waals surface area contributed by atoms with Crippen LogP contribution in [0.3, 0.4) is 0 Å². The van der Waals surface area contributed by atoms with Crippen LogP contribution in [0, 0.1) is 0 Å². The summed E-state index contributed by atoms with van der Waals surface area (Å²) in [7, 11) is 0. The second kappa shape index (κ2) is 3.80. The summed E-state index contributed by atoms with van der Waals surface area (Å²) >= 11 is 3.20. The average molecular weight is 217 g/mol. The van der Waals surface area contributed by atoms with E-state index in [4.69, 9.17) is 5.73 Å². The number of aliphatic hydroxyl groups excluding tert-OH is 1.